The third-order valence-corrected chi connectivity index (χ3v) is 13.3. The SMILES string of the molecule is CCCCCCCCCC(CCCCCCCCC)OC(=O)[C@H](Cc1ccccc1)N[P@](=O)(OC[C@@]1(C)C[C@@H](n2cnc3c(N)nc(F)nc32)C[C@@H]1O)Oc1ccccc1. The minimum Gasteiger partial charge on any atom is -0.461 e. The molecule has 14 heteroatoms. The number of esters is 1. The molecule has 4 aromatic rings. The van der Waals surface area contributed by atoms with Crippen LogP contribution in [0.3, 0.4) is 0 Å². The van der Waals surface area contributed by atoms with Crippen molar-refractivity contribution in [2.75, 3.05) is 12.3 Å². The normalized spacial score (nSPS) is 19.4. The number of hydrogen-bond acceptors (Lipinski definition) is 10. The van der Waals surface area contributed by atoms with Gasteiger partial charge in [-0.1, -0.05) is 146 Å². The van der Waals surface area contributed by atoms with Crippen molar-refractivity contribution in [2.45, 2.75) is 167 Å². The lowest BCUT2D eigenvalue weighted by atomic mass is 9.87. The minimum atomic E-state index is -4.33. The lowest BCUT2D eigenvalue weighted by Gasteiger charge is -2.31. The van der Waals surface area contributed by atoms with E-state index in [0.29, 0.717) is 6.42 Å². The van der Waals surface area contributed by atoms with E-state index in [9.17, 15) is 14.3 Å². The number of carbonyl (C=O) groups excluding carboxylic acids is 1. The van der Waals surface area contributed by atoms with Crippen LogP contribution < -0.4 is 15.3 Å². The van der Waals surface area contributed by atoms with Gasteiger partial charge in [0.1, 0.15) is 23.4 Å². The first-order valence-electron chi connectivity index (χ1n) is 22.4. The fourth-order valence-electron chi connectivity index (χ4n) is 8.18. The van der Waals surface area contributed by atoms with E-state index in [4.69, 9.17) is 19.5 Å². The number of hydrogen-bond donors (Lipinski definition) is 3. The zero-order valence-corrected chi connectivity index (χ0v) is 36.9. The van der Waals surface area contributed by atoms with Crippen LogP contribution in [0.4, 0.5) is 10.2 Å². The molecular formula is C46H68FN6O6P. The van der Waals surface area contributed by atoms with Crippen LogP contribution in [0, 0.1) is 11.5 Å². The summed E-state index contributed by atoms with van der Waals surface area (Å²) < 4.78 is 49.7. The van der Waals surface area contributed by atoms with Gasteiger partial charge in [-0.25, -0.2) is 9.55 Å². The van der Waals surface area contributed by atoms with Gasteiger partial charge in [0.25, 0.3) is 0 Å². The van der Waals surface area contributed by atoms with Crippen LogP contribution in [0.5, 0.6) is 5.75 Å². The van der Waals surface area contributed by atoms with Crippen molar-refractivity contribution in [1.82, 2.24) is 24.6 Å². The molecule has 12 nitrogen and oxygen atoms in total. The molecule has 2 aromatic heterocycles. The highest BCUT2D eigenvalue weighted by molar-refractivity contribution is 7.52. The van der Waals surface area contributed by atoms with Crippen molar-refractivity contribution >= 4 is 30.7 Å². The first-order valence-corrected chi connectivity index (χ1v) is 23.9. The molecule has 0 bridgehead atoms. The van der Waals surface area contributed by atoms with Gasteiger partial charge in [-0.15, -0.1) is 0 Å². The van der Waals surface area contributed by atoms with E-state index in [0.717, 1.165) is 44.1 Å². The zero-order chi connectivity index (χ0) is 42.8. The van der Waals surface area contributed by atoms with Gasteiger partial charge >= 0.3 is 19.8 Å². The fraction of sp³-hybridized carbons (Fsp3) is 0.609. The second kappa shape index (κ2) is 23.9. The molecule has 0 amide bonds. The maximum absolute atomic E-state index is 15.0. The van der Waals surface area contributed by atoms with Crippen LogP contribution in [-0.2, 0) is 25.0 Å². The Morgan fingerprint density at radius 1 is 0.917 bits per heavy atom. The van der Waals surface area contributed by atoms with Crippen molar-refractivity contribution in [2.24, 2.45) is 5.41 Å². The lowest BCUT2D eigenvalue weighted by molar-refractivity contribution is -0.152. The molecular weight excluding hydrogens is 783 g/mol. The third-order valence-electron chi connectivity index (χ3n) is 11.8. The molecule has 2 aromatic carbocycles. The standard InChI is InChI=1S/C46H68FN6O6P/c1-4-6-8-10-12-14-20-26-37(27-21-15-13-11-9-7-5-2)58-44(55)39(30-35-24-18-16-19-25-35)52-60(56,59-38-28-22-17-23-29-38)57-33-46(3)32-36(31-40(46)54)53-34-49-41-42(48)50-45(47)51-43(41)53/h16-19,22-25,28-29,34,36-37,39-40,54H,4-15,20-21,26-27,30-33H2,1-3H3,(H,52,56)(H2,48,50,51)/t36-,39-,40-,46+,60-/m0/s1. The summed E-state index contributed by atoms with van der Waals surface area (Å²) in [7, 11) is -4.33. The Morgan fingerprint density at radius 3 is 2.12 bits per heavy atom. The second-order valence-electron chi connectivity index (χ2n) is 16.9. The molecule has 4 N–H and O–H groups in total. The van der Waals surface area contributed by atoms with Crippen LogP contribution in [0.25, 0.3) is 11.2 Å². The Labute approximate surface area is 356 Å². The van der Waals surface area contributed by atoms with E-state index in [-0.39, 0.29) is 54.3 Å². The Hall–Kier alpha value is -3.90. The highest BCUT2D eigenvalue weighted by atomic mass is 31.2. The van der Waals surface area contributed by atoms with E-state index in [2.05, 4.69) is 33.9 Å². The molecule has 1 aliphatic rings. The van der Waals surface area contributed by atoms with Crippen LogP contribution in [0.2, 0.25) is 0 Å². The molecule has 1 saturated carbocycles. The summed E-state index contributed by atoms with van der Waals surface area (Å²) in [4.78, 5) is 26.2. The number of ether oxygens (including phenoxy) is 1. The monoisotopic (exact) mass is 850 g/mol. The summed E-state index contributed by atoms with van der Waals surface area (Å²) in [6, 6.07) is 16.8. The van der Waals surface area contributed by atoms with Gasteiger partial charge in [-0.2, -0.15) is 19.4 Å². The van der Waals surface area contributed by atoms with Crippen molar-refractivity contribution in [1.29, 1.82) is 0 Å². The Balaban J connectivity index is 1.33. The number of nitrogens with one attached hydrogen (secondary N) is 1. The van der Waals surface area contributed by atoms with Gasteiger partial charge in [0.15, 0.2) is 11.5 Å². The molecule has 0 unspecified atom stereocenters. The molecule has 0 aliphatic heterocycles. The average molecular weight is 851 g/mol. The summed E-state index contributed by atoms with van der Waals surface area (Å²) in [6.45, 7) is 6.09. The summed E-state index contributed by atoms with van der Waals surface area (Å²) in [5, 5.41) is 14.5. The molecule has 5 atom stereocenters. The summed E-state index contributed by atoms with van der Waals surface area (Å²) in [6.07, 6.45) is 18.1. The summed E-state index contributed by atoms with van der Waals surface area (Å²) in [5.41, 5.74) is 6.33. The van der Waals surface area contributed by atoms with Crippen LogP contribution in [0.15, 0.2) is 67.0 Å². The van der Waals surface area contributed by atoms with E-state index in [1.807, 2.05) is 43.3 Å². The number of aliphatic hydroxyl groups excluding tert-OH is 1. The third kappa shape index (κ3) is 14.4. The number of rotatable bonds is 28. The van der Waals surface area contributed by atoms with Gasteiger partial charge in [0.05, 0.1) is 19.0 Å². The van der Waals surface area contributed by atoms with Gasteiger partial charge in [0, 0.05) is 11.5 Å². The number of benzene rings is 2. The van der Waals surface area contributed by atoms with Gasteiger partial charge < -0.3 is 24.7 Å². The molecule has 2 heterocycles. The first kappa shape index (κ1) is 47.2. The Morgan fingerprint density at radius 2 is 1.50 bits per heavy atom. The molecule has 0 radical (unpaired) electrons. The molecule has 5 rings (SSSR count). The molecule has 0 spiro atoms. The maximum Gasteiger partial charge on any atom is 0.459 e. The first-order chi connectivity index (χ1) is 29.0. The molecule has 1 fully saturated rings. The quantitative estimate of drug-likeness (QED) is 0.0216. The van der Waals surface area contributed by atoms with Crippen molar-refractivity contribution in [3.05, 3.63) is 78.6 Å². The van der Waals surface area contributed by atoms with E-state index < -0.39 is 37.4 Å². The highest BCUT2D eigenvalue weighted by Gasteiger charge is 2.47. The fourth-order valence-corrected chi connectivity index (χ4v) is 9.80. The van der Waals surface area contributed by atoms with Crippen molar-refractivity contribution in [3.63, 3.8) is 0 Å². The van der Waals surface area contributed by atoms with Gasteiger partial charge in [-0.05, 0) is 62.6 Å². The zero-order valence-electron chi connectivity index (χ0n) is 36.0. The predicted octanol–water partition coefficient (Wildman–Crippen LogP) is 10.8. The van der Waals surface area contributed by atoms with E-state index in [1.165, 1.54) is 70.5 Å². The minimum absolute atomic E-state index is 0.0727. The van der Waals surface area contributed by atoms with Crippen molar-refractivity contribution in [3.8, 4) is 5.75 Å². The number of halogens is 1. The Bertz CT molecular complexity index is 1900. The second-order valence-corrected chi connectivity index (χ2v) is 18.6. The largest absolute Gasteiger partial charge is 0.461 e. The summed E-state index contributed by atoms with van der Waals surface area (Å²) >= 11 is 0. The number of unbranched alkanes of at least 4 members (excludes halogenated alkanes) is 12. The Kier molecular flexibility index (Phi) is 18.8. The number of fused-ring (bicyclic) bond motifs is 1. The van der Waals surface area contributed by atoms with Gasteiger partial charge in [-0.3, -0.25) is 9.32 Å². The molecule has 1 aliphatic carbocycles. The highest BCUT2D eigenvalue weighted by Crippen LogP contribution is 2.51. The van der Waals surface area contributed by atoms with Crippen molar-refractivity contribution < 1.29 is 32.6 Å². The average Bonchev–Trinajstić information content (AvgIpc) is 3.79. The van der Waals surface area contributed by atoms with Gasteiger partial charge in [0.2, 0.25) is 0 Å². The van der Waals surface area contributed by atoms with Crippen LogP contribution >= 0.6 is 7.75 Å². The molecule has 60 heavy (non-hydrogen) atoms. The number of para-hydroxylation sites is 1. The lowest BCUT2D eigenvalue weighted by Crippen LogP contribution is -2.42. The number of nitrogens with zero attached hydrogens (tertiary/aromatic N) is 4. The smallest absolute Gasteiger partial charge is 0.459 e. The number of nitrogen functional groups attached to an aromatic ring is 1. The molecule has 330 valence electrons. The number of aliphatic hydroxyl groups is 1. The maximum atomic E-state index is 15.0. The topological polar surface area (TPSA) is 164 Å². The molecule has 0 saturated heterocycles. The van der Waals surface area contributed by atoms with E-state index >= 15 is 4.57 Å². The van der Waals surface area contributed by atoms with Crippen LogP contribution in [-0.4, -0.2) is 55.5 Å². The number of anilines is 1. The summed E-state index contributed by atoms with van der Waals surface area (Å²) in [5.74, 6) is -0.297. The number of imidazole rings is 1. The van der Waals surface area contributed by atoms with E-state index in [1.54, 1.807) is 28.8 Å². The number of aromatic nitrogens is 4. The number of nitrogens with two attached hydrogens (primary N) is 1. The predicted molar refractivity (Wildman–Crippen MR) is 235 cm³/mol. The number of carbonyl (C=O) groups is 1. The van der Waals surface area contributed by atoms with Crippen LogP contribution in [0.1, 0.15) is 148 Å².